The molecule has 0 aliphatic heterocycles. The van der Waals surface area contributed by atoms with Crippen molar-refractivity contribution >= 4 is 18.3 Å². The van der Waals surface area contributed by atoms with Gasteiger partial charge < -0.3 is 10.6 Å². The third-order valence-electron chi connectivity index (χ3n) is 3.90. The summed E-state index contributed by atoms with van der Waals surface area (Å²) in [5.74, 6) is 0.148. The lowest BCUT2D eigenvalue weighted by molar-refractivity contribution is -0.136. The molecule has 0 aromatic heterocycles. The molecule has 0 bridgehead atoms. The predicted octanol–water partition coefficient (Wildman–Crippen LogP) is 2.57. The van der Waals surface area contributed by atoms with Gasteiger partial charge in [0.1, 0.15) is 0 Å². The standard InChI is InChI=1S/C13H26N2O.ClH/c1-10(11(2)14)13(16)15(3)12-8-6-4-5-7-9-12;/h10-12H,4-9,14H2,1-3H3;1H. The van der Waals surface area contributed by atoms with Gasteiger partial charge in [-0.1, -0.05) is 32.6 Å². The zero-order valence-electron chi connectivity index (χ0n) is 11.3. The van der Waals surface area contributed by atoms with Crippen LogP contribution in [-0.4, -0.2) is 29.9 Å². The second-order valence-corrected chi connectivity index (χ2v) is 5.24. The summed E-state index contributed by atoms with van der Waals surface area (Å²) in [6.07, 6.45) is 7.48. The molecule has 0 spiro atoms. The third-order valence-corrected chi connectivity index (χ3v) is 3.90. The van der Waals surface area contributed by atoms with Gasteiger partial charge in [0, 0.05) is 19.1 Å². The Labute approximate surface area is 112 Å². The number of hydrogen-bond acceptors (Lipinski definition) is 2. The number of hydrogen-bond donors (Lipinski definition) is 1. The summed E-state index contributed by atoms with van der Waals surface area (Å²) in [5.41, 5.74) is 5.79. The van der Waals surface area contributed by atoms with E-state index >= 15 is 0 Å². The average Bonchev–Trinajstić information content (AvgIpc) is 2.54. The summed E-state index contributed by atoms with van der Waals surface area (Å²) >= 11 is 0. The van der Waals surface area contributed by atoms with Gasteiger partial charge in [-0.25, -0.2) is 0 Å². The Bertz CT molecular complexity index is 225. The van der Waals surface area contributed by atoms with Crippen LogP contribution in [0.25, 0.3) is 0 Å². The van der Waals surface area contributed by atoms with Crippen molar-refractivity contribution in [3.63, 3.8) is 0 Å². The van der Waals surface area contributed by atoms with Gasteiger partial charge in [0.15, 0.2) is 0 Å². The summed E-state index contributed by atoms with van der Waals surface area (Å²) < 4.78 is 0. The lowest BCUT2D eigenvalue weighted by Gasteiger charge is -2.30. The molecule has 1 fully saturated rings. The fraction of sp³-hybridized carbons (Fsp3) is 0.923. The van der Waals surface area contributed by atoms with E-state index in [1.54, 1.807) is 0 Å². The van der Waals surface area contributed by atoms with Crippen molar-refractivity contribution in [1.82, 2.24) is 4.90 Å². The van der Waals surface area contributed by atoms with E-state index in [4.69, 9.17) is 5.73 Å². The maximum absolute atomic E-state index is 12.1. The highest BCUT2D eigenvalue weighted by Crippen LogP contribution is 2.22. The highest BCUT2D eigenvalue weighted by molar-refractivity contribution is 5.85. The van der Waals surface area contributed by atoms with Crippen LogP contribution in [0.3, 0.4) is 0 Å². The van der Waals surface area contributed by atoms with Crippen LogP contribution in [0.15, 0.2) is 0 Å². The Morgan fingerprint density at radius 1 is 1.18 bits per heavy atom. The quantitative estimate of drug-likeness (QED) is 0.795. The van der Waals surface area contributed by atoms with E-state index in [2.05, 4.69) is 0 Å². The Balaban J connectivity index is 0.00000256. The van der Waals surface area contributed by atoms with Crippen LogP contribution < -0.4 is 5.73 Å². The minimum Gasteiger partial charge on any atom is -0.342 e. The lowest BCUT2D eigenvalue weighted by Crippen LogP contribution is -2.44. The molecule has 1 rings (SSSR count). The van der Waals surface area contributed by atoms with E-state index in [0.29, 0.717) is 6.04 Å². The summed E-state index contributed by atoms with van der Waals surface area (Å²) in [5, 5.41) is 0. The zero-order chi connectivity index (χ0) is 12.1. The zero-order valence-corrected chi connectivity index (χ0v) is 12.1. The maximum Gasteiger partial charge on any atom is 0.226 e. The Morgan fingerprint density at radius 3 is 2.06 bits per heavy atom. The molecule has 0 saturated heterocycles. The smallest absolute Gasteiger partial charge is 0.226 e. The number of nitrogens with two attached hydrogens (primary N) is 1. The molecule has 0 radical (unpaired) electrons. The summed E-state index contributed by atoms with van der Waals surface area (Å²) in [6.45, 7) is 3.84. The van der Waals surface area contributed by atoms with E-state index < -0.39 is 0 Å². The van der Waals surface area contributed by atoms with E-state index in [0.717, 1.165) is 12.8 Å². The topological polar surface area (TPSA) is 46.3 Å². The fourth-order valence-electron chi connectivity index (χ4n) is 2.37. The lowest BCUT2D eigenvalue weighted by atomic mass is 10.0. The molecule has 3 nitrogen and oxygen atoms in total. The van der Waals surface area contributed by atoms with Crippen LogP contribution in [0.2, 0.25) is 0 Å². The van der Waals surface area contributed by atoms with Gasteiger partial charge in [0.05, 0.1) is 5.92 Å². The van der Waals surface area contributed by atoms with Gasteiger partial charge >= 0.3 is 0 Å². The predicted molar refractivity (Wildman–Crippen MR) is 74.3 cm³/mol. The highest BCUT2D eigenvalue weighted by Gasteiger charge is 2.26. The summed E-state index contributed by atoms with van der Waals surface area (Å²) in [6, 6.07) is 0.386. The average molecular weight is 263 g/mol. The molecule has 0 aromatic rings. The van der Waals surface area contributed by atoms with Crippen molar-refractivity contribution in [2.24, 2.45) is 11.7 Å². The van der Waals surface area contributed by atoms with Crippen LogP contribution in [0.4, 0.5) is 0 Å². The van der Waals surface area contributed by atoms with E-state index in [1.807, 2.05) is 25.8 Å². The molecule has 17 heavy (non-hydrogen) atoms. The fourth-order valence-corrected chi connectivity index (χ4v) is 2.37. The van der Waals surface area contributed by atoms with Crippen LogP contribution in [-0.2, 0) is 4.79 Å². The number of carbonyl (C=O) groups is 1. The molecule has 1 saturated carbocycles. The molecule has 4 heteroatoms. The summed E-state index contributed by atoms with van der Waals surface area (Å²) in [4.78, 5) is 14.1. The number of rotatable bonds is 3. The molecule has 0 aromatic carbocycles. The van der Waals surface area contributed by atoms with Crippen LogP contribution in [0.1, 0.15) is 52.4 Å². The normalized spacial score (nSPS) is 20.9. The molecule has 1 aliphatic rings. The Morgan fingerprint density at radius 2 is 1.65 bits per heavy atom. The number of carbonyl (C=O) groups excluding carboxylic acids is 1. The van der Waals surface area contributed by atoms with Crippen molar-refractivity contribution in [2.45, 2.75) is 64.5 Å². The number of nitrogens with zero attached hydrogens (tertiary/aromatic N) is 1. The second-order valence-electron chi connectivity index (χ2n) is 5.24. The highest BCUT2D eigenvalue weighted by atomic mass is 35.5. The third kappa shape index (κ3) is 4.84. The minimum absolute atomic E-state index is 0. The molecule has 2 atom stereocenters. The molecule has 2 unspecified atom stereocenters. The number of halogens is 1. The summed E-state index contributed by atoms with van der Waals surface area (Å²) in [7, 11) is 1.94. The maximum atomic E-state index is 12.1. The second kappa shape index (κ2) is 7.93. The van der Waals surface area contributed by atoms with Crippen molar-refractivity contribution in [2.75, 3.05) is 7.05 Å². The van der Waals surface area contributed by atoms with Crippen molar-refractivity contribution < 1.29 is 4.79 Å². The SMILES string of the molecule is CC(N)C(C)C(=O)N(C)C1CCCCCC1.Cl. The first-order valence-corrected chi connectivity index (χ1v) is 6.56. The first kappa shape index (κ1) is 16.7. The van der Waals surface area contributed by atoms with Crippen molar-refractivity contribution in [3.8, 4) is 0 Å². The monoisotopic (exact) mass is 262 g/mol. The Hall–Kier alpha value is -0.280. The van der Waals surface area contributed by atoms with E-state index in [1.165, 1.54) is 25.7 Å². The Kier molecular flexibility index (Phi) is 7.80. The molecule has 0 heterocycles. The molecular formula is C13H27ClN2O. The molecule has 1 aliphatic carbocycles. The van der Waals surface area contributed by atoms with Crippen molar-refractivity contribution in [3.05, 3.63) is 0 Å². The van der Waals surface area contributed by atoms with Crippen molar-refractivity contribution in [1.29, 1.82) is 0 Å². The molecule has 2 N–H and O–H groups in total. The van der Waals surface area contributed by atoms with Gasteiger partial charge in [-0.15, -0.1) is 12.4 Å². The molecular weight excluding hydrogens is 236 g/mol. The van der Waals surface area contributed by atoms with Crippen LogP contribution in [0, 0.1) is 5.92 Å². The minimum atomic E-state index is -0.0618. The molecule has 1 amide bonds. The largest absolute Gasteiger partial charge is 0.342 e. The van der Waals surface area contributed by atoms with Gasteiger partial charge in [-0.2, -0.15) is 0 Å². The first-order valence-electron chi connectivity index (χ1n) is 6.56. The number of amides is 1. The van der Waals surface area contributed by atoms with E-state index in [-0.39, 0.29) is 30.3 Å². The first-order chi connectivity index (χ1) is 7.54. The van der Waals surface area contributed by atoms with Gasteiger partial charge in [0.2, 0.25) is 5.91 Å². The van der Waals surface area contributed by atoms with Gasteiger partial charge in [0.25, 0.3) is 0 Å². The van der Waals surface area contributed by atoms with Gasteiger partial charge in [-0.05, 0) is 19.8 Å². The van der Waals surface area contributed by atoms with E-state index in [9.17, 15) is 4.79 Å². The van der Waals surface area contributed by atoms with Crippen LogP contribution in [0.5, 0.6) is 0 Å². The molecule has 102 valence electrons. The van der Waals surface area contributed by atoms with Gasteiger partial charge in [-0.3, -0.25) is 4.79 Å². The van der Waals surface area contributed by atoms with Crippen LogP contribution >= 0.6 is 12.4 Å².